The van der Waals surface area contributed by atoms with Gasteiger partial charge in [-0.05, 0) is 32.0 Å². The molecule has 20 heavy (non-hydrogen) atoms. The van der Waals surface area contributed by atoms with Crippen LogP contribution in [0, 0.1) is 5.82 Å². The second-order valence-corrected chi connectivity index (χ2v) is 5.67. The zero-order valence-electron chi connectivity index (χ0n) is 12.3. The van der Waals surface area contributed by atoms with E-state index >= 15 is 0 Å². The van der Waals surface area contributed by atoms with Crippen LogP contribution in [0.25, 0.3) is 0 Å². The Balaban J connectivity index is 2.09. The van der Waals surface area contributed by atoms with Crippen molar-refractivity contribution in [3.63, 3.8) is 0 Å². The SMILES string of the molecule is CNC1(CC(=O)N(C)c2ccccc2F)CCCCC1. The van der Waals surface area contributed by atoms with Gasteiger partial charge >= 0.3 is 0 Å². The molecule has 3 nitrogen and oxygen atoms in total. The Morgan fingerprint density at radius 3 is 2.55 bits per heavy atom. The summed E-state index contributed by atoms with van der Waals surface area (Å²) < 4.78 is 13.7. The summed E-state index contributed by atoms with van der Waals surface area (Å²) in [4.78, 5) is 13.9. The van der Waals surface area contributed by atoms with Crippen LogP contribution in [-0.2, 0) is 4.79 Å². The summed E-state index contributed by atoms with van der Waals surface area (Å²) in [5.41, 5.74) is 0.231. The number of benzene rings is 1. The van der Waals surface area contributed by atoms with E-state index in [-0.39, 0.29) is 17.3 Å². The first-order valence-electron chi connectivity index (χ1n) is 7.28. The number of anilines is 1. The Kier molecular flexibility index (Phi) is 4.76. The third kappa shape index (κ3) is 3.18. The van der Waals surface area contributed by atoms with Crippen LogP contribution in [0.4, 0.5) is 10.1 Å². The fourth-order valence-electron chi connectivity index (χ4n) is 3.01. The highest BCUT2D eigenvalue weighted by molar-refractivity contribution is 5.93. The molecule has 0 atom stereocenters. The highest BCUT2D eigenvalue weighted by atomic mass is 19.1. The van der Waals surface area contributed by atoms with Gasteiger partial charge in [-0.1, -0.05) is 31.4 Å². The van der Waals surface area contributed by atoms with Crippen molar-refractivity contribution in [1.29, 1.82) is 0 Å². The molecule has 1 amide bonds. The van der Waals surface area contributed by atoms with Crippen molar-refractivity contribution < 1.29 is 9.18 Å². The van der Waals surface area contributed by atoms with Crippen LogP contribution in [0.5, 0.6) is 0 Å². The van der Waals surface area contributed by atoms with Crippen LogP contribution < -0.4 is 10.2 Å². The molecule has 4 heteroatoms. The van der Waals surface area contributed by atoms with Gasteiger partial charge in [0.25, 0.3) is 0 Å². The van der Waals surface area contributed by atoms with E-state index in [1.807, 2.05) is 7.05 Å². The maximum atomic E-state index is 13.7. The Labute approximate surface area is 120 Å². The highest BCUT2D eigenvalue weighted by Crippen LogP contribution is 2.32. The molecule has 0 spiro atoms. The third-order valence-electron chi connectivity index (χ3n) is 4.42. The fraction of sp³-hybridized carbons (Fsp3) is 0.562. The van der Waals surface area contributed by atoms with Crippen molar-refractivity contribution in [2.75, 3.05) is 19.0 Å². The molecule has 0 radical (unpaired) electrons. The summed E-state index contributed by atoms with van der Waals surface area (Å²) in [5.74, 6) is -0.392. The molecule has 110 valence electrons. The predicted molar refractivity (Wildman–Crippen MR) is 79.3 cm³/mol. The van der Waals surface area contributed by atoms with Gasteiger partial charge in [-0.2, -0.15) is 0 Å². The second kappa shape index (κ2) is 6.35. The van der Waals surface area contributed by atoms with Gasteiger partial charge in [0.15, 0.2) is 0 Å². The predicted octanol–water partition coefficient (Wildman–Crippen LogP) is 3.10. The van der Waals surface area contributed by atoms with E-state index in [0.29, 0.717) is 12.1 Å². The summed E-state index contributed by atoms with van der Waals surface area (Å²) in [6, 6.07) is 6.40. The average Bonchev–Trinajstić information content (AvgIpc) is 2.48. The van der Waals surface area contributed by atoms with Crippen molar-refractivity contribution in [3.05, 3.63) is 30.1 Å². The minimum Gasteiger partial charge on any atom is -0.314 e. The van der Waals surface area contributed by atoms with Gasteiger partial charge in [-0.15, -0.1) is 0 Å². The zero-order valence-corrected chi connectivity index (χ0v) is 12.3. The molecule has 0 unspecified atom stereocenters. The maximum Gasteiger partial charge on any atom is 0.228 e. The molecule has 1 aromatic carbocycles. The molecular formula is C16H23FN2O. The topological polar surface area (TPSA) is 32.3 Å². The molecule has 1 aliphatic carbocycles. The highest BCUT2D eigenvalue weighted by Gasteiger charge is 2.34. The van der Waals surface area contributed by atoms with E-state index < -0.39 is 0 Å². The van der Waals surface area contributed by atoms with E-state index in [1.165, 1.54) is 17.4 Å². The number of para-hydroxylation sites is 1. The van der Waals surface area contributed by atoms with Crippen LogP contribution in [-0.4, -0.2) is 25.5 Å². The van der Waals surface area contributed by atoms with Gasteiger partial charge < -0.3 is 10.2 Å². The van der Waals surface area contributed by atoms with Gasteiger partial charge in [-0.3, -0.25) is 4.79 Å². The Morgan fingerprint density at radius 2 is 1.95 bits per heavy atom. The number of hydrogen-bond donors (Lipinski definition) is 1. The largest absolute Gasteiger partial charge is 0.314 e. The second-order valence-electron chi connectivity index (χ2n) is 5.67. The summed E-state index contributed by atoms with van der Waals surface area (Å²) in [6.45, 7) is 0. The normalized spacial score (nSPS) is 17.8. The van der Waals surface area contributed by atoms with Crippen LogP contribution in [0.2, 0.25) is 0 Å². The van der Waals surface area contributed by atoms with Crippen LogP contribution in [0.3, 0.4) is 0 Å². The van der Waals surface area contributed by atoms with E-state index in [9.17, 15) is 9.18 Å². The fourth-order valence-corrected chi connectivity index (χ4v) is 3.01. The van der Waals surface area contributed by atoms with Crippen molar-refractivity contribution >= 4 is 11.6 Å². The quantitative estimate of drug-likeness (QED) is 0.918. The molecule has 0 bridgehead atoms. The summed E-state index contributed by atoms with van der Waals surface area (Å²) >= 11 is 0. The molecule has 0 aromatic heterocycles. The summed E-state index contributed by atoms with van der Waals surface area (Å²) in [7, 11) is 3.56. The average molecular weight is 278 g/mol. The number of nitrogens with one attached hydrogen (secondary N) is 1. The first-order valence-corrected chi connectivity index (χ1v) is 7.28. The molecule has 0 aliphatic heterocycles. The molecular weight excluding hydrogens is 255 g/mol. The van der Waals surface area contributed by atoms with Gasteiger partial charge in [0.1, 0.15) is 5.82 Å². The van der Waals surface area contributed by atoms with E-state index in [4.69, 9.17) is 0 Å². The smallest absolute Gasteiger partial charge is 0.228 e. The number of amides is 1. The molecule has 1 aliphatic rings. The summed E-state index contributed by atoms with van der Waals surface area (Å²) in [5, 5.41) is 3.33. The lowest BCUT2D eigenvalue weighted by molar-refractivity contribution is -0.120. The Morgan fingerprint density at radius 1 is 1.30 bits per heavy atom. The van der Waals surface area contributed by atoms with Crippen molar-refractivity contribution in [3.8, 4) is 0 Å². The van der Waals surface area contributed by atoms with Crippen molar-refractivity contribution in [2.45, 2.75) is 44.1 Å². The van der Waals surface area contributed by atoms with E-state index in [2.05, 4.69) is 5.32 Å². The van der Waals surface area contributed by atoms with Gasteiger partial charge in [-0.25, -0.2) is 4.39 Å². The molecule has 1 fully saturated rings. The zero-order chi connectivity index (χ0) is 14.6. The lowest BCUT2D eigenvalue weighted by Gasteiger charge is -2.37. The first-order chi connectivity index (χ1) is 9.58. The Hall–Kier alpha value is -1.42. The molecule has 2 rings (SSSR count). The minimum absolute atomic E-state index is 0.0358. The molecule has 0 heterocycles. The van der Waals surface area contributed by atoms with Gasteiger partial charge in [0, 0.05) is 19.0 Å². The maximum absolute atomic E-state index is 13.7. The number of rotatable bonds is 4. The number of carbonyl (C=O) groups excluding carboxylic acids is 1. The number of halogens is 1. The third-order valence-corrected chi connectivity index (χ3v) is 4.42. The van der Waals surface area contributed by atoms with Crippen LogP contribution in [0.1, 0.15) is 38.5 Å². The lowest BCUT2D eigenvalue weighted by atomic mass is 9.79. The van der Waals surface area contributed by atoms with E-state index in [1.54, 1.807) is 25.2 Å². The van der Waals surface area contributed by atoms with Gasteiger partial charge in [0.2, 0.25) is 5.91 Å². The molecule has 1 saturated carbocycles. The van der Waals surface area contributed by atoms with Crippen molar-refractivity contribution in [1.82, 2.24) is 5.32 Å². The van der Waals surface area contributed by atoms with Crippen molar-refractivity contribution in [2.24, 2.45) is 0 Å². The molecule has 1 N–H and O–H groups in total. The molecule has 0 saturated heterocycles. The van der Waals surface area contributed by atoms with Crippen LogP contribution >= 0.6 is 0 Å². The Bertz CT molecular complexity index is 469. The van der Waals surface area contributed by atoms with Gasteiger partial charge in [0.05, 0.1) is 5.69 Å². The number of nitrogens with zero attached hydrogens (tertiary/aromatic N) is 1. The standard InChI is InChI=1S/C16H23FN2O/c1-18-16(10-6-3-7-11-16)12-15(20)19(2)14-9-5-4-8-13(14)17/h4-5,8-9,18H,3,6-7,10-12H2,1-2H3. The first kappa shape index (κ1) is 15.0. The number of hydrogen-bond acceptors (Lipinski definition) is 2. The molecule has 1 aromatic rings. The summed E-state index contributed by atoms with van der Waals surface area (Å²) in [6.07, 6.45) is 5.99. The minimum atomic E-state index is -0.356. The number of carbonyl (C=O) groups is 1. The monoisotopic (exact) mass is 278 g/mol. The van der Waals surface area contributed by atoms with E-state index in [0.717, 1.165) is 25.7 Å². The lowest BCUT2D eigenvalue weighted by Crippen LogP contribution is -2.48. The van der Waals surface area contributed by atoms with Crippen LogP contribution in [0.15, 0.2) is 24.3 Å².